The number of sulfonamides is 1. The quantitative estimate of drug-likeness (QED) is 0.716. The summed E-state index contributed by atoms with van der Waals surface area (Å²) in [5.74, 6) is 2.36. The molecule has 1 heterocycles. The third-order valence-electron chi connectivity index (χ3n) is 6.99. The number of benzene rings is 1. The summed E-state index contributed by atoms with van der Waals surface area (Å²) in [7, 11) is 0.0118. The number of fused-ring (bicyclic) bond motifs is 2. The Morgan fingerprint density at radius 2 is 2.00 bits per heavy atom. The van der Waals surface area contributed by atoms with Gasteiger partial charge in [-0.2, -0.15) is 4.31 Å². The van der Waals surface area contributed by atoms with Crippen LogP contribution >= 0.6 is 0 Å². The average molecular weight is 423 g/mol. The minimum absolute atomic E-state index is 0.0569. The van der Waals surface area contributed by atoms with Gasteiger partial charge in [-0.05, 0) is 55.2 Å². The van der Waals surface area contributed by atoms with Crippen LogP contribution in [0.1, 0.15) is 32.1 Å². The summed E-state index contributed by atoms with van der Waals surface area (Å²) in [6.45, 7) is 2.60. The Balaban J connectivity index is 1.48. The van der Waals surface area contributed by atoms with Gasteiger partial charge < -0.3 is 15.0 Å². The standard InChI is InChI=1S/C21H31N3O4S/c1-23-7-9-24(10-8-23)29(26,27)18-5-6-20(28-2)19(14-18)22-21(25)13-17-12-15-3-4-16(17)11-15/h5-6,14-17H,3-4,7-13H2,1-2H3,(H,22,25)/p+1/t15-,16+,17+/m0/s1. The number of anilines is 1. The van der Waals surface area contributed by atoms with E-state index in [9.17, 15) is 13.2 Å². The number of hydrogen-bond acceptors (Lipinski definition) is 4. The smallest absolute Gasteiger partial charge is 0.243 e. The summed E-state index contributed by atoms with van der Waals surface area (Å²) < 4.78 is 33.0. The molecule has 0 radical (unpaired) electrons. The van der Waals surface area contributed by atoms with Crippen LogP contribution < -0.4 is 15.0 Å². The van der Waals surface area contributed by atoms with Gasteiger partial charge >= 0.3 is 0 Å². The summed E-state index contributed by atoms with van der Waals surface area (Å²) in [5, 5.41) is 2.92. The summed E-state index contributed by atoms with van der Waals surface area (Å²) >= 11 is 0. The molecule has 4 rings (SSSR count). The number of quaternary nitrogens is 1. The van der Waals surface area contributed by atoms with Gasteiger partial charge in [0.15, 0.2) is 0 Å². The Morgan fingerprint density at radius 1 is 1.24 bits per heavy atom. The lowest BCUT2D eigenvalue weighted by Gasteiger charge is -2.29. The number of rotatable bonds is 6. The third kappa shape index (κ3) is 4.29. The van der Waals surface area contributed by atoms with E-state index in [1.807, 2.05) is 0 Å². The number of nitrogens with one attached hydrogen (secondary N) is 2. The Bertz CT molecular complexity index is 865. The van der Waals surface area contributed by atoms with Crippen LogP contribution in [0.3, 0.4) is 0 Å². The van der Waals surface area contributed by atoms with Crippen molar-refractivity contribution < 1.29 is 22.8 Å². The Hall–Kier alpha value is -1.64. The molecule has 3 atom stereocenters. The van der Waals surface area contributed by atoms with Gasteiger partial charge in [-0.1, -0.05) is 6.42 Å². The Morgan fingerprint density at radius 3 is 2.62 bits per heavy atom. The van der Waals surface area contributed by atoms with Gasteiger partial charge in [0.25, 0.3) is 0 Å². The lowest BCUT2D eigenvalue weighted by atomic mass is 9.86. The third-order valence-corrected chi connectivity index (χ3v) is 8.89. The Labute approximate surface area is 173 Å². The van der Waals surface area contributed by atoms with Gasteiger partial charge in [0, 0.05) is 6.42 Å². The SMILES string of the molecule is COc1ccc(S(=O)(=O)N2CC[NH+](C)CC2)cc1NC(=O)C[C@H]1C[C@H]2CC[C@@H]1C2. The molecule has 160 valence electrons. The van der Waals surface area contributed by atoms with Gasteiger partial charge in [-0.15, -0.1) is 0 Å². The molecule has 29 heavy (non-hydrogen) atoms. The zero-order valence-electron chi connectivity index (χ0n) is 17.3. The number of piperazine rings is 1. The summed E-state index contributed by atoms with van der Waals surface area (Å²) in [5.41, 5.74) is 0.432. The highest BCUT2D eigenvalue weighted by atomic mass is 32.2. The van der Waals surface area contributed by atoms with Crippen molar-refractivity contribution in [2.45, 2.75) is 37.0 Å². The molecular weight excluding hydrogens is 390 g/mol. The number of carbonyl (C=O) groups is 1. The topological polar surface area (TPSA) is 80.2 Å². The van der Waals surface area contributed by atoms with Gasteiger partial charge in [0.2, 0.25) is 15.9 Å². The molecule has 0 aromatic heterocycles. The van der Waals surface area contributed by atoms with Crippen LogP contribution in [0.4, 0.5) is 5.69 Å². The number of amides is 1. The zero-order valence-corrected chi connectivity index (χ0v) is 18.1. The van der Waals surface area contributed by atoms with Gasteiger partial charge in [-0.3, -0.25) is 4.79 Å². The molecule has 3 aliphatic rings. The Kier molecular flexibility index (Phi) is 5.86. The molecule has 2 saturated carbocycles. The van der Waals surface area contributed by atoms with E-state index in [0.29, 0.717) is 42.8 Å². The zero-order chi connectivity index (χ0) is 20.6. The number of hydrogen-bond donors (Lipinski definition) is 2. The van der Waals surface area contributed by atoms with E-state index < -0.39 is 10.0 Å². The predicted molar refractivity (Wildman–Crippen MR) is 111 cm³/mol. The molecule has 2 N–H and O–H groups in total. The molecule has 1 aromatic carbocycles. The van der Waals surface area contributed by atoms with Crippen molar-refractivity contribution in [2.24, 2.45) is 17.8 Å². The molecule has 0 unspecified atom stereocenters. The van der Waals surface area contributed by atoms with E-state index in [4.69, 9.17) is 4.74 Å². The van der Waals surface area contributed by atoms with Crippen LogP contribution in [-0.4, -0.2) is 59.0 Å². The second-order valence-electron chi connectivity index (χ2n) is 8.91. The van der Waals surface area contributed by atoms with Crippen LogP contribution in [-0.2, 0) is 14.8 Å². The van der Waals surface area contributed by atoms with Crippen LogP contribution in [0.5, 0.6) is 5.75 Å². The highest BCUT2D eigenvalue weighted by Crippen LogP contribution is 2.49. The lowest BCUT2D eigenvalue weighted by Crippen LogP contribution is -3.12. The minimum Gasteiger partial charge on any atom is -0.495 e. The van der Waals surface area contributed by atoms with Gasteiger partial charge in [0.05, 0.1) is 50.9 Å². The van der Waals surface area contributed by atoms with Crippen molar-refractivity contribution in [2.75, 3.05) is 45.7 Å². The summed E-state index contributed by atoms with van der Waals surface area (Å²) in [6.07, 6.45) is 5.47. The summed E-state index contributed by atoms with van der Waals surface area (Å²) in [4.78, 5) is 14.2. The van der Waals surface area contributed by atoms with Crippen LogP contribution in [0.15, 0.2) is 23.1 Å². The van der Waals surface area contributed by atoms with E-state index in [1.165, 1.54) is 41.6 Å². The van der Waals surface area contributed by atoms with Gasteiger partial charge in [-0.25, -0.2) is 8.42 Å². The number of nitrogens with zero attached hydrogens (tertiary/aromatic N) is 1. The first-order valence-electron chi connectivity index (χ1n) is 10.7. The monoisotopic (exact) mass is 422 g/mol. The maximum atomic E-state index is 13.1. The fraction of sp³-hybridized carbons (Fsp3) is 0.667. The first-order valence-corrected chi connectivity index (χ1v) is 12.1. The van der Waals surface area contributed by atoms with Crippen molar-refractivity contribution in [3.63, 3.8) is 0 Å². The lowest BCUT2D eigenvalue weighted by molar-refractivity contribution is -0.883. The average Bonchev–Trinajstić information content (AvgIpc) is 3.31. The first-order chi connectivity index (χ1) is 13.9. The van der Waals surface area contributed by atoms with Crippen molar-refractivity contribution in [1.29, 1.82) is 0 Å². The fourth-order valence-electron chi connectivity index (χ4n) is 5.27. The fourth-order valence-corrected chi connectivity index (χ4v) is 6.74. The van der Waals surface area contributed by atoms with E-state index in [1.54, 1.807) is 12.1 Å². The summed E-state index contributed by atoms with van der Waals surface area (Å²) in [6, 6.07) is 4.73. The second-order valence-corrected chi connectivity index (χ2v) is 10.8. The molecule has 1 saturated heterocycles. The van der Waals surface area contributed by atoms with Crippen LogP contribution in [0, 0.1) is 17.8 Å². The number of methoxy groups -OCH3 is 1. The highest BCUT2D eigenvalue weighted by Gasteiger charge is 2.40. The molecule has 0 spiro atoms. The van der Waals surface area contributed by atoms with Gasteiger partial charge in [0.1, 0.15) is 5.75 Å². The molecule has 2 aliphatic carbocycles. The molecule has 2 bridgehead atoms. The maximum absolute atomic E-state index is 13.1. The molecule has 1 aromatic rings. The highest BCUT2D eigenvalue weighted by molar-refractivity contribution is 7.89. The first kappa shape index (κ1) is 20.6. The predicted octanol–water partition coefficient (Wildman–Crippen LogP) is 0.979. The molecule has 3 fully saturated rings. The van der Waals surface area contributed by atoms with Crippen LogP contribution in [0.2, 0.25) is 0 Å². The maximum Gasteiger partial charge on any atom is 0.243 e. The van der Waals surface area contributed by atoms with Crippen molar-refractivity contribution in [3.8, 4) is 5.75 Å². The van der Waals surface area contributed by atoms with E-state index in [0.717, 1.165) is 25.4 Å². The second kappa shape index (κ2) is 8.24. The van der Waals surface area contributed by atoms with Crippen molar-refractivity contribution in [1.82, 2.24) is 4.31 Å². The van der Waals surface area contributed by atoms with Crippen LogP contribution in [0.25, 0.3) is 0 Å². The van der Waals surface area contributed by atoms with Crippen molar-refractivity contribution >= 4 is 21.6 Å². The van der Waals surface area contributed by atoms with E-state index in [2.05, 4.69) is 12.4 Å². The molecule has 1 amide bonds. The largest absolute Gasteiger partial charge is 0.495 e. The molecular formula is C21H32N3O4S+. The number of likely N-dealkylation sites (N-methyl/N-ethyl adjacent to an activating group) is 1. The molecule has 7 nitrogen and oxygen atoms in total. The minimum atomic E-state index is -3.58. The molecule has 1 aliphatic heterocycles. The molecule has 8 heteroatoms. The normalized spacial score (nSPS) is 27.9. The van der Waals surface area contributed by atoms with E-state index >= 15 is 0 Å². The van der Waals surface area contributed by atoms with Crippen molar-refractivity contribution in [3.05, 3.63) is 18.2 Å². The number of carbonyl (C=O) groups excluding carboxylic acids is 1. The number of ether oxygens (including phenoxy) is 1. The van der Waals surface area contributed by atoms with E-state index in [-0.39, 0.29) is 10.8 Å².